The molecule has 5 heteroatoms. The number of carbonyl (C=O) groups excluding carboxylic acids is 1. The van der Waals surface area contributed by atoms with Gasteiger partial charge in [0.2, 0.25) is 5.91 Å². The highest BCUT2D eigenvalue weighted by Gasteiger charge is 2.23. The molecule has 0 radical (unpaired) electrons. The van der Waals surface area contributed by atoms with E-state index in [0.717, 1.165) is 24.2 Å². The molecular weight excluding hydrogens is 316 g/mol. The molecule has 1 aromatic carbocycles. The third-order valence-electron chi connectivity index (χ3n) is 5.26. The number of carbonyl (C=O) groups is 1. The Balaban J connectivity index is 1.98. The molecule has 1 fully saturated rings. The zero-order chi connectivity index (χ0) is 18.4. The number of amides is 1. The number of methoxy groups -OCH3 is 2. The van der Waals surface area contributed by atoms with Crippen molar-refractivity contribution in [2.45, 2.75) is 46.1 Å². The highest BCUT2D eigenvalue weighted by atomic mass is 16.5. The van der Waals surface area contributed by atoms with Crippen LogP contribution in [0, 0.1) is 18.8 Å². The highest BCUT2D eigenvalue weighted by Crippen LogP contribution is 2.33. The molecule has 0 saturated carbocycles. The molecule has 0 aliphatic carbocycles. The minimum Gasteiger partial charge on any atom is -0.493 e. The van der Waals surface area contributed by atoms with Gasteiger partial charge in [0.15, 0.2) is 11.5 Å². The van der Waals surface area contributed by atoms with Crippen molar-refractivity contribution in [1.29, 1.82) is 0 Å². The molecule has 5 nitrogen and oxygen atoms in total. The molecule has 2 rings (SSSR count). The fraction of sp³-hybridized carbons (Fsp3) is 0.650. The van der Waals surface area contributed by atoms with E-state index in [0.29, 0.717) is 29.8 Å². The average Bonchev–Trinajstić information content (AvgIpc) is 2.61. The zero-order valence-corrected chi connectivity index (χ0v) is 16.1. The molecule has 2 N–H and O–H groups in total. The van der Waals surface area contributed by atoms with E-state index in [-0.39, 0.29) is 11.9 Å². The van der Waals surface area contributed by atoms with Gasteiger partial charge >= 0.3 is 0 Å². The quantitative estimate of drug-likeness (QED) is 0.794. The van der Waals surface area contributed by atoms with E-state index >= 15 is 0 Å². The Bertz CT molecular complexity index is 583. The fourth-order valence-corrected chi connectivity index (χ4v) is 3.66. The summed E-state index contributed by atoms with van der Waals surface area (Å²) in [5, 5.41) is 6.57. The summed E-state index contributed by atoms with van der Waals surface area (Å²) < 4.78 is 10.7. The van der Waals surface area contributed by atoms with E-state index in [4.69, 9.17) is 9.47 Å². The lowest BCUT2D eigenvalue weighted by atomic mass is 9.85. The molecule has 140 valence electrons. The van der Waals surface area contributed by atoms with Gasteiger partial charge in [0.05, 0.1) is 20.3 Å². The van der Waals surface area contributed by atoms with Crippen LogP contribution in [0.2, 0.25) is 0 Å². The molecule has 0 spiro atoms. The Labute approximate surface area is 151 Å². The summed E-state index contributed by atoms with van der Waals surface area (Å²) in [6.45, 7) is 8.35. The minimum absolute atomic E-state index is 0.0658. The van der Waals surface area contributed by atoms with Crippen LogP contribution in [-0.4, -0.2) is 33.2 Å². The average molecular weight is 348 g/mol. The van der Waals surface area contributed by atoms with E-state index in [2.05, 4.69) is 17.6 Å². The van der Waals surface area contributed by atoms with Crippen LogP contribution in [0.1, 0.15) is 50.3 Å². The number of aryl methyl sites for hydroxylation is 1. The number of rotatable bonds is 7. The van der Waals surface area contributed by atoms with Gasteiger partial charge in [-0.2, -0.15) is 0 Å². The van der Waals surface area contributed by atoms with Crippen LogP contribution in [-0.2, 0) is 4.79 Å². The lowest BCUT2D eigenvalue weighted by molar-refractivity contribution is -0.123. The molecule has 1 heterocycles. The number of ether oxygens (including phenoxy) is 2. The standard InChI is InChI=1S/C20H32N2O3/c1-13(16-7-6-8-21-12-16)10-20(23)22-15(3)17-11-19(25-5)18(24-4)9-14(17)2/h9,11,13,15-16,21H,6-8,10,12H2,1-5H3,(H,22,23). The predicted octanol–water partition coefficient (Wildman–Crippen LogP) is 3.22. The number of nitrogens with one attached hydrogen (secondary N) is 2. The molecule has 0 aromatic heterocycles. The second-order valence-corrected chi connectivity index (χ2v) is 7.14. The van der Waals surface area contributed by atoms with Crippen LogP contribution in [0.3, 0.4) is 0 Å². The first-order valence-corrected chi connectivity index (χ1v) is 9.18. The molecule has 3 atom stereocenters. The van der Waals surface area contributed by atoms with Crippen molar-refractivity contribution in [2.75, 3.05) is 27.3 Å². The highest BCUT2D eigenvalue weighted by molar-refractivity contribution is 5.76. The van der Waals surface area contributed by atoms with Gasteiger partial charge < -0.3 is 20.1 Å². The molecule has 1 saturated heterocycles. The first-order valence-electron chi connectivity index (χ1n) is 9.18. The maximum Gasteiger partial charge on any atom is 0.220 e. The third-order valence-corrected chi connectivity index (χ3v) is 5.26. The maximum absolute atomic E-state index is 12.5. The summed E-state index contributed by atoms with van der Waals surface area (Å²) in [7, 11) is 3.25. The van der Waals surface area contributed by atoms with Gasteiger partial charge in [-0.3, -0.25) is 4.79 Å². The van der Waals surface area contributed by atoms with Crippen LogP contribution < -0.4 is 20.1 Å². The van der Waals surface area contributed by atoms with Crippen LogP contribution in [0.5, 0.6) is 11.5 Å². The number of piperidine rings is 1. The smallest absolute Gasteiger partial charge is 0.220 e. The van der Waals surface area contributed by atoms with E-state index in [1.807, 2.05) is 26.0 Å². The van der Waals surface area contributed by atoms with Crippen LogP contribution in [0.4, 0.5) is 0 Å². The van der Waals surface area contributed by atoms with E-state index in [1.165, 1.54) is 12.8 Å². The monoisotopic (exact) mass is 348 g/mol. The van der Waals surface area contributed by atoms with Gasteiger partial charge in [0.1, 0.15) is 0 Å². The predicted molar refractivity (Wildman–Crippen MR) is 100 cm³/mol. The summed E-state index contributed by atoms with van der Waals surface area (Å²) in [5.74, 6) is 2.50. The van der Waals surface area contributed by atoms with Gasteiger partial charge in [-0.1, -0.05) is 6.92 Å². The van der Waals surface area contributed by atoms with Crippen molar-refractivity contribution >= 4 is 5.91 Å². The molecule has 3 unspecified atom stereocenters. The van der Waals surface area contributed by atoms with E-state index in [1.54, 1.807) is 14.2 Å². The first kappa shape index (κ1) is 19.6. The van der Waals surface area contributed by atoms with Crippen molar-refractivity contribution in [2.24, 2.45) is 11.8 Å². The SMILES string of the molecule is COc1cc(C)c(C(C)NC(=O)CC(C)C2CCCNC2)cc1OC. The second-order valence-electron chi connectivity index (χ2n) is 7.14. The maximum atomic E-state index is 12.5. The van der Waals surface area contributed by atoms with Crippen LogP contribution in [0.15, 0.2) is 12.1 Å². The molecule has 0 bridgehead atoms. The summed E-state index contributed by atoms with van der Waals surface area (Å²) >= 11 is 0. The minimum atomic E-state index is -0.0658. The van der Waals surface area contributed by atoms with Gasteiger partial charge in [-0.25, -0.2) is 0 Å². The summed E-state index contributed by atoms with van der Waals surface area (Å²) in [6, 6.07) is 3.84. The molecule has 1 aromatic rings. The molecule has 1 aliphatic rings. The van der Waals surface area contributed by atoms with Gasteiger partial charge in [0, 0.05) is 6.42 Å². The molecule has 25 heavy (non-hydrogen) atoms. The third kappa shape index (κ3) is 5.11. The lowest BCUT2D eigenvalue weighted by Gasteiger charge is -2.28. The Hall–Kier alpha value is -1.75. The normalized spacial score (nSPS) is 19.8. The summed E-state index contributed by atoms with van der Waals surface area (Å²) in [4.78, 5) is 12.5. The largest absolute Gasteiger partial charge is 0.493 e. The molecule has 1 amide bonds. The first-order chi connectivity index (χ1) is 12.0. The number of benzene rings is 1. The Morgan fingerprint density at radius 3 is 2.56 bits per heavy atom. The van der Waals surface area contributed by atoms with E-state index in [9.17, 15) is 4.79 Å². The van der Waals surface area contributed by atoms with Crippen LogP contribution >= 0.6 is 0 Å². The van der Waals surface area contributed by atoms with Gasteiger partial charge in [-0.15, -0.1) is 0 Å². The zero-order valence-electron chi connectivity index (χ0n) is 16.1. The Morgan fingerprint density at radius 2 is 1.96 bits per heavy atom. The topological polar surface area (TPSA) is 59.6 Å². The number of hydrogen-bond donors (Lipinski definition) is 2. The second kappa shape index (κ2) is 9.09. The fourth-order valence-electron chi connectivity index (χ4n) is 3.66. The van der Waals surface area contributed by atoms with Crippen molar-refractivity contribution in [3.8, 4) is 11.5 Å². The number of hydrogen-bond acceptors (Lipinski definition) is 4. The molecule has 1 aliphatic heterocycles. The van der Waals surface area contributed by atoms with Crippen LogP contribution in [0.25, 0.3) is 0 Å². The lowest BCUT2D eigenvalue weighted by Crippen LogP contribution is -2.36. The van der Waals surface area contributed by atoms with Crippen molar-refractivity contribution in [3.63, 3.8) is 0 Å². The summed E-state index contributed by atoms with van der Waals surface area (Å²) in [5.41, 5.74) is 2.13. The Kier molecular flexibility index (Phi) is 7.12. The Morgan fingerprint density at radius 1 is 1.28 bits per heavy atom. The van der Waals surface area contributed by atoms with Crippen molar-refractivity contribution in [1.82, 2.24) is 10.6 Å². The van der Waals surface area contributed by atoms with Crippen molar-refractivity contribution in [3.05, 3.63) is 23.3 Å². The summed E-state index contributed by atoms with van der Waals surface area (Å²) in [6.07, 6.45) is 2.99. The van der Waals surface area contributed by atoms with Gasteiger partial charge in [-0.05, 0) is 74.9 Å². The van der Waals surface area contributed by atoms with E-state index < -0.39 is 0 Å². The van der Waals surface area contributed by atoms with Crippen molar-refractivity contribution < 1.29 is 14.3 Å². The molecular formula is C20H32N2O3. The van der Waals surface area contributed by atoms with Gasteiger partial charge in [0.25, 0.3) is 0 Å².